The molecule has 138 valence electrons. The van der Waals surface area contributed by atoms with Gasteiger partial charge in [-0.2, -0.15) is 0 Å². The summed E-state index contributed by atoms with van der Waals surface area (Å²) >= 11 is 1.42. The van der Waals surface area contributed by atoms with E-state index in [0.29, 0.717) is 17.6 Å². The molecule has 1 aromatic rings. The van der Waals surface area contributed by atoms with E-state index in [4.69, 9.17) is 14.5 Å². The molecule has 2 heterocycles. The Labute approximate surface area is 158 Å². The van der Waals surface area contributed by atoms with E-state index in [0.717, 1.165) is 47.1 Å². The van der Waals surface area contributed by atoms with Crippen LogP contribution in [-0.2, 0) is 11.2 Å². The number of benzene rings is 1. The lowest BCUT2D eigenvalue weighted by Crippen LogP contribution is -2.21. The maximum Gasteiger partial charge on any atom is 0.264 e. The molecule has 3 aliphatic rings. The third-order valence-corrected chi connectivity index (χ3v) is 5.81. The van der Waals surface area contributed by atoms with Gasteiger partial charge in [-0.1, -0.05) is 12.8 Å². The van der Waals surface area contributed by atoms with Crippen LogP contribution in [0.1, 0.15) is 50.7 Å². The zero-order valence-corrected chi connectivity index (χ0v) is 16.0. The first-order valence-corrected chi connectivity index (χ1v) is 10.2. The van der Waals surface area contributed by atoms with Gasteiger partial charge in [-0.05, 0) is 56.7 Å². The molecule has 1 atom stereocenters. The lowest BCUT2D eigenvalue weighted by atomic mass is 10.1. The molecule has 1 saturated heterocycles. The molecule has 0 aromatic heterocycles. The highest BCUT2D eigenvalue weighted by Gasteiger charge is 2.27. The number of fused-ring (bicyclic) bond motifs is 1. The van der Waals surface area contributed by atoms with E-state index < -0.39 is 0 Å². The summed E-state index contributed by atoms with van der Waals surface area (Å²) in [6.45, 7) is 4.61. The van der Waals surface area contributed by atoms with Gasteiger partial charge >= 0.3 is 0 Å². The van der Waals surface area contributed by atoms with Gasteiger partial charge in [0.05, 0.1) is 17.6 Å². The number of amides is 1. The Balaban J connectivity index is 1.61. The normalized spacial score (nSPS) is 25.6. The third kappa shape index (κ3) is 3.61. The molecular formula is C20H24N2O3S. The second kappa shape index (κ2) is 7.35. The smallest absolute Gasteiger partial charge is 0.264 e. The molecule has 1 amide bonds. The van der Waals surface area contributed by atoms with Gasteiger partial charge in [-0.15, -0.1) is 0 Å². The minimum absolute atomic E-state index is 0.0935. The van der Waals surface area contributed by atoms with Gasteiger partial charge in [0.1, 0.15) is 17.6 Å². The molecule has 0 bridgehead atoms. The van der Waals surface area contributed by atoms with E-state index in [9.17, 15) is 4.79 Å². The molecule has 1 aromatic carbocycles. The van der Waals surface area contributed by atoms with Gasteiger partial charge in [0.15, 0.2) is 5.17 Å². The van der Waals surface area contributed by atoms with E-state index in [1.165, 1.54) is 24.6 Å². The highest BCUT2D eigenvalue weighted by Crippen LogP contribution is 2.38. The fourth-order valence-electron chi connectivity index (χ4n) is 3.68. The zero-order chi connectivity index (χ0) is 18.1. The van der Waals surface area contributed by atoms with Crippen molar-refractivity contribution in [3.8, 4) is 11.5 Å². The Bertz CT molecular complexity index is 782. The molecule has 0 spiro atoms. The number of hydrogen-bond acceptors (Lipinski definition) is 5. The minimum atomic E-state index is -0.0935. The van der Waals surface area contributed by atoms with Crippen LogP contribution in [0.15, 0.2) is 22.0 Å². The summed E-state index contributed by atoms with van der Waals surface area (Å²) in [7, 11) is 0. The molecule has 4 rings (SSSR count). The van der Waals surface area contributed by atoms with Crippen molar-refractivity contribution in [1.82, 2.24) is 5.32 Å². The Morgan fingerprint density at radius 3 is 2.96 bits per heavy atom. The van der Waals surface area contributed by atoms with E-state index in [2.05, 4.69) is 12.2 Å². The molecule has 1 saturated carbocycles. The van der Waals surface area contributed by atoms with Crippen molar-refractivity contribution in [2.24, 2.45) is 4.99 Å². The fraction of sp³-hybridized carbons (Fsp3) is 0.500. The van der Waals surface area contributed by atoms with Gasteiger partial charge in [0, 0.05) is 17.5 Å². The lowest BCUT2D eigenvalue weighted by molar-refractivity contribution is -0.115. The van der Waals surface area contributed by atoms with Gasteiger partial charge in [-0.25, -0.2) is 0 Å². The van der Waals surface area contributed by atoms with Gasteiger partial charge < -0.3 is 14.8 Å². The fourth-order valence-corrected chi connectivity index (χ4v) is 4.56. The number of rotatable bonds is 4. The Kier molecular flexibility index (Phi) is 4.94. The minimum Gasteiger partial charge on any atom is -0.493 e. The van der Waals surface area contributed by atoms with Crippen LogP contribution in [0.5, 0.6) is 11.5 Å². The van der Waals surface area contributed by atoms with Crippen LogP contribution >= 0.6 is 11.8 Å². The molecule has 26 heavy (non-hydrogen) atoms. The van der Waals surface area contributed by atoms with Crippen molar-refractivity contribution >= 4 is 28.9 Å². The number of nitrogens with zero attached hydrogens (tertiary/aromatic N) is 1. The first-order chi connectivity index (χ1) is 12.6. The summed E-state index contributed by atoms with van der Waals surface area (Å²) in [5.41, 5.74) is 2.04. The zero-order valence-electron chi connectivity index (χ0n) is 15.2. The van der Waals surface area contributed by atoms with Gasteiger partial charge in [0.2, 0.25) is 0 Å². The molecule has 0 unspecified atom stereocenters. The maximum atomic E-state index is 12.4. The number of amidine groups is 1. The van der Waals surface area contributed by atoms with E-state index in [1.807, 2.05) is 25.1 Å². The Hall–Kier alpha value is -1.95. The number of ether oxygens (including phenoxy) is 2. The molecule has 2 aliphatic heterocycles. The molecule has 0 radical (unpaired) electrons. The standard InChI is InChI=1S/C20H24N2O3S/c1-3-24-16-9-13-8-12(2)25-17(13)10-14(16)11-18-19(23)22-20(26-18)21-15-6-4-5-7-15/h9-12,15H,3-8H2,1-2H3,(H,21,22,23)/b18-11+/t12-/m0/s1. The summed E-state index contributed by atoms with van der Waals surface area (Å²) in [6, 6.07) is 4.38. The average Bonchev–Trinajstić information content (AvgIpc) is 3.30. The van der Waals surface area contributed by atoms with E-state index in [1.54, 1.807) is 0 Å². The second-order valence-corrected chi connectivity index (χ2v) is 8.03. The first kappa shape index (κ1) is 17.5. The van der Waals surface area contributed by atoms with Crippen LogP contribution < -0.4 is 14.8 Å². The molecule has 1 N–H and O–H groups in total. The predicted molar refractivity (Wildman–Crippen MR) is 105 cm³/mol. The van der Waals surface area contributed by atoms with E-state index >= 15 is 0 Å². The van der Waals surface area contributed by atoms with Crippen LogP contribution in [-0.4, -0.2) is 29.8 Å². The first-order valence-electron chi connectivity index (χ1n) is 9.37. The quantitative estimate of drug-likeness (QED) is 0.814. The SMILES string of the molecule is CCOc1cc2c(cc1/C=C1/SC(=NC3CCCC3)NC1=O)O[C@@H](C)C2. The highest BCUT2D eigenvalue weighted by atomic mass is 32.2. The number of carbonyl (C=O) groups is 1. The summed E-state index contributed by atoms with van der Waals surface area (Å²) in [5, 5.41) is 3.62. The van der Waals surface area contributed by atoms with Crippen molar-refractivity contribution in [3.63, 3.8) is 0 Å². The van der Waals surface area contributed by atoms with Crippen LogP contribution in [0.3, 0.4) is 0 Å². The van der Waals surface area contributed by atoms with Crippen molar-refractivity contribution in [3.05, 3.63) is 28.2 Å². The molecule has 2 fully saturated rings. The third-order valence-electron chi connectivity index (χ3n) is 4.89. The number of hydrogen-bond donors (Lipinski definition) is 1. The van der Waals surface area contributed by atoms with Crippen LogP contribution in [0.2, 0.25) is 0 Å². The molecule has 1 aliphatic carbocycles. The van der Waals surface area contributed by atoms with Gasteiger partial charge in [0.25, 0.3) is 5.91 Å². The van der Waals surface area contributed by atoms with Crippen LogP contribution in [0, 0.1) is 0 Å². The topological polar surface area (TPSA) is 59.9 Å². The lowest BCUT2D eigenvalue weighted by Gasteiger charge is -2.10. The average molecular weight is 372 g/mol. The van der Waals surface area contributed by atoms with Crippen molar-refractivity contribution in [1.29, 1.82) is 0 Å². The summed E-state index contributed by atoms with van der Waals surface area (Å²) in [5.74, 6) is 1.59. The van der Waals surface area contributed by atoms with Crippen molar-refractivity contribution in [2.45, 2.75) is 58.1 Å². The van der Waals surface area contributed by atoms with Crippen LogP contribution in [0.4, 0.5) is 0 Å². The monoisotopic (exact) mass is 372 g/mol. The molecule has 6 heteroatoms. The molecular weight excluding hydrogens is 348 g/mol. The number of nitrogens with one attached hydrogen (secondary N) is 1. The van der Waals surface area contributed by atoms with Crippen molar-refractivity contribution in [2.75, 3.05) is 6.61 Å². The number of carbonyl (C=O) groups excluding carboxylic acids is 1. The van der Waals surface area contributed by atoms with Gasteiger partial charge in [-0.3, -0.25) is 9.79 Å². The van der Waals surface area contributed by atoms with E-state index in [-0.39, 0.29) is 12.0 Å². The summed E-state index contributed by atoms with van der Waals surface area (Å²) in [4.78, 5) is 17.7. The Morgan fingerprint density at radius 1 is 1.38 bits per heavy atom. The number of aliphatic imine (C=N–C) groups is 1. The maximum absolute atomic E-state index is 12.4. The Morgan fingerprint density at radius 2 is 2.19 bits per heavy atom. The number of thioether (sulfide) groups is 1. The largest absolute Gasteiger partial charge is 0.493 e. The summed E-state index contributed by atoms with van der Waals surface area (Å²) < 4.78 is 11.7. The predicted octanol–water partition coefficient (Wildman–Crippen LogP) is 3.91. The van der Waals surface area contributed by atoms with Crippen LogP contribution in [0.25, 0.3) is 6.08 Å². The second-order valence-electron chi connectivity index (χ2n) is 7.00. The molecule has 5 nitrogen and oxygen atoms in total. The van der Waals surface area contributed by atoms with Crippen molar-refractivity contribution < 1.29 is 14.3 Å². The highest BCUT2D eigenvalue weighted by molar-refractivity contribution is 8.18. The summed E-state index contributed by atoms with van der Waals surface area (Å²) in [6.07, 6.45) is 7.65.